The summed E-state index contributed by atoms with van der Waals surface area (Å²) in [6.07, 6.45) is 4.82. The van der Waals surface area contributed by atoms with Crippen molar-refractivity contribution in [3.05, 3.63) is 83.3 Å². The molecule has 0 radical (unpaired) electrons. The number of H-pyrrole nitrogens is 1. The van der Waals surface area contributed by atoms with Crippen molar-refractivity contribution in [1.29, 1.82) is 0 Å². The van der Waals surface area contributed by atoms with E-state index >= 15 is 0 Å². The van der Waals surface area contributed by atoms with E-state index in [-0.39, 0.29) is 0 Å². The first kappa shape index (κ1) is 20.3. The van der Waals surface area contributed by atoms with Gasteiger partial charge < -0.3 is 16.0 Å². The van der Waals surface area contributed by atoms with E-state index in [0.717, 1.165) is 24.2 Å². The Morgan fingerprint density at radius 2 is 1.76 bits per heavy atom. The Kier molecular flexibility index (Phi) is 6.12. The fourth-order valence-electron chi connectivity index (χ4n) is 3.10. The fraction of sp³-hybridized carbons (Fsp3) is 0.174. The number of halogens is 2. The SMILES string of the molecule is CCc1c[nH]c2c(C)cccc12.Cc1cc(Nc2cc(F)c(N)c(F)c2)ccn1. The minimum Gasteiger partial charge on any atom is -0.394 e. The molecule has 0 atom stereocenters. The molecule has 0 amide bonds. The van der Waals surface area contributed by atoms with Crippen LogP contribution in [0.15, 0.2) is 54.9 Å². The van der Waals surface area contributed by atoms with Crippen LogP contribution in [0.4, 0.5) is 25.8 Å². The van der Waals surface area contributed by atoms with Gasteiger partial charge in [0.15, 0.2) is 11.6 Å². The summed E-state index contributed by atoms with van der Waals surface area (Å²) in [5, 5.41) is 4.25. The number of rotatable bonds is 3. The predicted molar refractivity (Wildman–Crippen MR) is 115 cm³/mol. The molecule has 0 saturated carbocycles. The van der Waals surface area contributed by atoms with Gasteiger partial charge in [0.2, 0.25) is 0 Å². The molecular formula is C23H24F2N4. The fourth-order valence-corrected chi connectivity index (χ4v) is 3.10. The van der Waals surface area contributed by atoms with Crippen LogP contribution in [0.3, 0.4) is 0 Å². The van der Waals surface area contributed by atoms with Gasteiger partial charge in [-0.1, -0.05) is 25.1 Å². The maximum Gasteiger partial charge on any atom is 0.151 e. The summed E-state index contributed by atoms with van der Waals surface area (Å²) < 4.78 is 26.4. The number of anilines is 3. The molecule has 2 aromatic carbocycles. The van der Waals surface area contributed by atoms with E-state index in [4.69, 9.17) is 5.73 Å². The average Bonchev–Trinajstić information content (AvgIpc) is 3.11. The van der Waals surface area contributed by atoms with Gasteiger partial charge in [-0.25, -0.2) is 8.78 Å². The largest absolute Gasteiger partial charge is 0.394 e. The summed E-state index contributed by atoms with van der Waals surface area (Å²) in [4.78, 5) is 7.33. The van der Waals surface area contributed by atoms with Crippen LogP contribution < -0.4 is 11.1 Å². The zero-order valence-corrected chi connectivity index (χ0v) is 16.7. The Bertz CT molecular complexity index is 1110. The maximum atomic E-state index is 13.2. The summed E-state index contributed by atoms with van der Waals surface area (Å²) in [6, 6.07) is 12.2. The maximum absolute atomic E-state index is 13.2. The minimum atomic E-state index is -0.779. The van der Waals surface area contributed by atoms with E-state index in [1.54, 1.807) is 18.3 Å². The molecule has 150 valence electrons. The second kappa shape index (κ2) is 8.73. The van der Waals surface area contributed by atoms with E-state index < -0.39 is 17.3 Å². The van der Waals surface area contributed by atoms with Crippen LogP contribution >= 0.6 is 0 Å². The molecule has 6 heteroatoms. The lowest BCUT2D eigenvalue weighted by Crippen LogP contribution is -1.99. The van der Waals surface area contributed by atoms with E-state index in [9.17, 15) is 8.78 Å². The van der Waals surface area contributed by atoms with Crippen molar-refractivity contribution in [2.45, 2.75) is 27.2 Å². The van der Waals surface area contributed by atoms with Crippen molar-refractivity contribution in [2.24, 2.45) is 0 Å². The Labute approximate surface area is 168 Å². The summed E-state index contributed by atoms with van der Waals surface area (Å²) >= 11 is 0. The number of nitrogen functional groups attached to an aromatic ring is 1. The third-order valence-corrected chi connectivity index (χ3v) is 4.65. The first-order chi connectivity index (χ1) is 13.9. The number of nitrogens with zero attached hydrogens (tertiary/aromatic N) is 1. The van der Waals surface area contributed by atoms with Crippen LogP contribution in [0.25, 0.3) is 10.9 Å². The number of aromatic amines is 1. The highest BCUT2D eigenvalue weighted by atomic mass is 19.1. The van der Waals surface area contributed by atoms with E-state index in [1.165, 1.54) is 22.0 Å². The smallest absolute Gasteiger partial charge is 0.151 e. The monoisotopic (exact) mass is 394 g/mol. The van der Waals surface area contributed by atoms with E-state index in [1.807, 2.05) is 6.92 Å². The number of aryl methyl sites for hydroxylation is 3. The van der Waals surface area contributed by atoms with Gasteiger partial charge in [-0.3, -0.25) is 4.98 Å². The summed E-state index contributed by atoms with van der Waals surface area (Å²) in [5.74, 6) is -1.56. The molecule has 0 aliphatic heterocycles. The zero-order chi connectivity index (χ0) is 21.0. The first-order valence-electron chi connectivity index (χ1n) is 9.38. The first-order valence-corrected chi connectivity index (χ1v) is 9.38. The number of hydrogen-bond donors (Lipinski definition) is 3. The molecule has 4 N–H and O–H groups in total. The number of nitrogens with two attached hydrogens (primary N) is 1. The standard InChI is InChI=1S/C12H11F2N3.C11H13N/c1-7-4-8(2-3-16-7)17-9-5-10(13)12(15)11(14)6-9;1-3-9-7-12-11-8(2)5-4-6-10(9)11/h2-6H,15H2,1H3,(H,16,17);4-7,12H,3H2,1-2H3. The minimum absolute atomic E-state index is 0.305. The van der Waals surface area contributed by atoms with Gasteiger partial charge in [-0.15, -0.1) is 0 Å². The molecule has 2 aromatic heterocycles. The van der Waals surface area contributed by atoms with Gasteiger partial charge in [0.25, 0.3) is 0 Å². The van der Waals surface area contributed by atoms with Crippen LogP contribution in [0.2, 0.25) is 0 Å². The van der Waals surface area contributed by atoms with E-state index in [0.29, 0.717) is 11.4 Å². The van der Waals surface area contributed by atoms with Crippen molar-refractivity contribution in [1.82, 2.24) is 9.97 Å². The van der Waals surface area contributed by atoms with Crippen molar-refractivity contribution in [2.75, 3.05) is 11.1 Å². The van der Waals surface area contributed by atoms with Gasteiger partial charge in [0, 0.05) is 40.4 Å². The topological polar surface area (TPSA) is 66.7 Å². The lowest BCUT2D eigenvalue weighted by atomic mass is 10.1. The molecule has 29 heavy (non-hydrogen) atoms. The Balaban J connectivity index is 0.000000176. The second-order valence-corrected chi connectivity index (χ2v) is 6.83. The van der Waals surface area contributed by atoms with Gasteiger partial charge in [0.1, 0.15) is 5.69 Å². The second-order valence-electron chi connectivity index (χ2n) is 6.83. The zero-order valence-electron chi connectivity index (χ0n) is 16.7. The lowest BCUT2D eigenvalue weighted by Gasteiger charge is -2.08. The Morgan fingerprint density at radius 3 is 2.41 bits per heavy atom. The highest BCUT2D eigenvalue weighted by molar-refractivity contribution is 5.85. The predicted octanol–water partition coefficient (Wildman–Crippen LogP) is 6.03. The molecule has 0 bridgehead atoms. The van der Waals surface area contributed by atoms with Gasteiger partial charge in [0.05, 0.1) is 0 Å². The molecule has 0 fully saturated rings. The number of para-hydroxylation sites is 1. The van der Waals surface area contributed by atoms with Crippen molar-refractivity contribution in [3.63, 3.8) is 0 Å². The molecule has 4 aromatic rings. The van der Waals surface area contributed by atoms with Crippen LogP contribution in [0, 0.1) is 25.5 Å². The van der Waals surface area contributed by atoms with Crippen molar-refractivity contribution >= 4 is 28.0 Å². The van der Waals surface area contributed by atoms with Gasteiger partial charge in [-0.05, 0) is 55.7 Å². The average molecular weight is 394 g/mol. The van der Waals surface area contributed by atoms with Crippen LogP contribution in [0.5, 0.6) is 0 Å². The molecule has 0 unspecified atom stereocenters. The third kappa shape index (κ3) is 4.71. The molecule has 2 heterocycles. The number of benzene rings is 2. The quantitative estimate of drug-likeness (QED) is 0.372. The van der Waals surface area contributed by atoms with Crippen LogP contribution in [-0.2, 0) is 6.42 Å². The number of hydrogen-bond acceptors (Lipinski definition) is 3. The molecule has 0 saturated heterocycles. The van der Waals surface area contributed by atoms with Crippen LogP contribution in [0.1, 0.15) is 23.7 Å². The number of aromatic nitrogens is 2. The molecular weight excluding hydrogens is 370 g/mol. The Hall–Kier alpha value is -3.41. The normalized spacial score (nSPS) is 10.5. The highest BCUT2D eigenvalue weighted by Gasteiger charge is 2.07. The van der Waals surface area contributed by atoms with Gasteiger partial charge >= 0.3 is 0 Å². The molecule has 0 aliphatic carbocycles. The van der Waals surface area contributed by atoms with Gasteiger partial charge in [-0.2, -0.15) is 0 Å². The number of nitrogens with one attached hydrogen (secondary N) is 2. The molecule has 4 nitrogen and oxygen atoms in total. The highest BCUT2D eigenvalue weighted by Crippen LogP contribution is 2.24. The molecule has 0 spiro atoms. The van der Waals surface area contributed by atoms with E-state index in [2.05, 4.69) is 53.5 Å². The molecule has 0 aliphatic rings. The number of pyridine rings is 1. The Morgan fingerprint density at radius 1 is 1.03 bits per heavy atom. The summed E-state index contributed by atoms with van der Waals surface area (Å²) in [6.45, 7) is 6.15. The van der Waals surface area contributed by atoms with Crippen LogP contribution in [-0.4, -0.2) is 9.97 Å². The lowest BCUT2D eigenvalue weighted by molar-refractivity contribution is 0.593. The van der Waals surface area contributed by atoms with Crippen molar-refractivity contribution < 1.29 is 8.78 Å². The molecule has 4 rings (SSSR count). The summed E-state index contributed by atoms with van der Waals surface area (Å²) in [5.41, 5.74) is 10.6. The number of fused-ring (bicyclic) bond motifs is 1. The van der Waals surface area contributed by atoms with Crippen molar-refractivity contribution in [3.8, 4) is 0 Å². The summed E-state index contributed by atoms with van der Waals surface area (Å²) in [7, 11) is 0. The third-order valence-electron chi connectivity index (χ3n) is 4.65.